The highest BCUT2D eigenvalue weighted by Crippen LogP contribution is 2.51. The molecule has 3 rings (SSSR count). The average Bonchev–Trinajstić information content (AvgIpc) is 2.68. The predicted octanol–water partition coefficient (Wildman–Crippen LogP) is 0.0982. The van der Waals surface area contributed by atoms with E-state index in [9.17, 15) is 0 Å². The second-order valence-electron chi connectivity index (χ2n) is 4.44. The third-order valence-corrected chi connectivity index (χ3v) is 3.57. The highest BCUT2D eigenvalue weighted by atomic mass is 15.5. The standard InChI is InChI=1S/C9H15N5/c1-14-9(11-12-13-14)5-10-8-3-2-6-4-7(6)8/h6-8,10H,2-5H2,1H3/t6-,7+,8?/m1/s1. The first kappa shape index (κ1) is 8.35. The van der Waals surface area contributed by atoms with Crippen LogP contribution in [0.5, 0.6) is 0 Å². The number of hydrogen-bond donors (Lipinski definition) is 1. The first-order valence-electron chi connectivity index (χ1n) is 5.29. The highest BCUT2D eigenvalue weighted by molar-refractivity contribution is 5.01. The number of hydrogen-bond acceptors (Lipinski definition) is 4. The molecule has 2 saturated carbocycles. The summed E-state index contributed by atoms with van der Waals surface area (Å²) in [7, 11) is 1.88. The van der Waals surface area contributed by atoms with Gasteiger partial charge in [-0.15, -0.1) is 5.10 Å². The fourth-order valence-electron chi connectivity index (χ4n) is 2.58. The molecule has 5 heteroatoms. The summed E-state index contributed by atoms with van der Waals surface area (Å²) >= 11 is 0. The van der Waals surface area contributed by atoms with Gasteiger partial charge in [0, 0.05) is 13.1 Å². The first-order chi connectivity index (χ1) is 6.84. The molecule has 14 heavy (non-hydrogen) atoms. The lowest BCUT2D eigenvalue weighted by Gasteiger charge is -2.12. The van der Waals surface area contributed by atoms with Crippen LogP contribution in [0.2, 0.25) is 0 Å². The van der Waals surface area contributed by atoms with Crippen LogP contribution in [0, 0.1) is 11.8 Å². The molecule has 2 fully saturated rings. The van der Waals surface area contributed by atoms with Crippen LogP contribution in [0.4, 0.5) is 0 Å². The molecule has 5 nitrogen and oxygen atoms in total. The molecule has 0 aliphatic heterocycles. The zero-order valence-corrected chi connectivity index (χ0v) is 8.35. The minimum atomic E-state index is 0.719. The van der Waals surface area contributed by atoms with Crippen molar-refractivity contribution < 1.29 is 0 Å². The molecular formula is C9H15N5. The van der Waals surface area contributed by atoms with Crippen LogP contribution >= 0.6 is 0 Å². The lowest BCUT2D eigenvalue weighted by molar-refractivity contribution is 0.460. The molecule has 0 spiro atoms. The third-order valence-electron chi connectivity index (χ3n) is 3.57. The molecule has 1 N–H and O–H groups in total. The Labute approximate surface area is 82.9 Å². The van der Waals surface area contributed by atoms with Gasteiger partial charge in [0.2, 0.25) is 0 Å². The SMILES string of the molecule is Cn1nnnc1CNC1CC[C@@H]2C[C@H]12. The van der Waals surface area contributed by atoms with Gasteiger partial charge in [-0.1, -0.05) is 0 Å². The summed E-state index contributed by atoms with van der Waals surface area (Å²) in [6, 6.07) is 0.719. The molecular weight excluding hydrogens is 178 g/mol. The summed E-state index contributed by atoms with van der Waals surface area (Å²) < 4.78 is 1.73. The van der Waals surface area contributed by atoms with Gasteiger partial charge in [0.25, 0.3) is 0 Å². The molecule has 1 unspecified atom stereocenters. The summed E-state index contributed by atoms with van der Waals surface area (Å²) in [4.78, 5) is 0. The maximum absolute atomic E-state index is 3.95. The molecule has 3 atom stereocenters. The molecule has 0 bridgehead atoms. The smallest absolute Gasteiger partial charge is 0.164 e. The molecule has 0 saturated heterocycles. The minimum Gasteiger partial charge on any atom is -0.307 e. The van der Waals surface area contributed by atoms with Crippen molar-refractivity contribution in [1.82, 2.24) is 25.5 Å². The molecule has 1 aromatic heterocycles. The van der Waals surface area contributed by atoms with Crippen molar-refractivity contribution in [1.29, 1.82) is 0 Å². The van der Waals surface area contributed by atoms with E-state index in [1.165, 1.54) is 19.3 Å². The lowest BCUT2D eigenvalue weighted by Crippen LogP contribution is -2.29. The first-order valence-corrected chi connectivity index (χ1v) is 5.29. The van der Waals surface area contributed by atoms with E-state index >= 15 is 0 Å². The second-order valence-corrected chi connectivity index (χ2v) is 4.44. The van der Waals surface area contributed by atoms with Gasteiger partial charge in [-0.3, -0.25) is 0 Å². The van der Waals surface area contributed by atoms with E-state index in [-0.39, 0.29) is 0 Å². The number of tetrazole rings is 1. The van der Waals surface area contributed by atoms with Gasteiger partial charge in [-0.25, -0.2) is 4.68 Å². The van der Waals surface area contributed by atoms with E-state index in [0.29, 0.717) is 0 Å². The molecule has 76 valence electrons. The van der Waals surface area contributed by atoms with Crippen molar-refractivity contribution in [3.05, 3.63) is 5.82 Å². The van der Waals surface area contributed by atoms with E-state index in [1.807, 2.05) is 7.05 Å². The van der Waals surface area contributed by atoms with Crippen molar-refractivity contribution in [3.63, 3.8) is 0 Å². The van der Waals surface area contributed by atoms with Crippen molar-refractivity contribution in [2.75, 3.05) is 0 Å². The Morgan fingerprint density at radius 2 is 2.43 bits per heavy atom. The van der Waals surface area contributed by atoms with Crippen molar-refractivity contribution in [2.24, 2.45) is 18.9 Å². The molecule has 1 aromatic rings. The second kappa shape index (κ2) is 3.02. The number of nitrogens with zero attached hydrogens (tertiary/aromatic N) is 4. The van der Waals surface area contributed by atoms with Crippen LogP contribution in [-0.4, -0.2) is 26.2 Å². The Morgan fingerprint density at radius 1 is 1.50 bits per heavy atom. The van der Waals surface area contributed by atoms with Crippen LogP contribution < -0.4 is 5.32 Å². The summed E-state index contributed by atoms with van der Waals surface area (Å²) in [5.41, 5.74) is 0. The Balaban J connectivity index is 1.56. The monoisotopic (exact) mass is 193 g/mol. The Hall–Kier alpha value is -0.970. The maximum atomic E-state index is 3.95. The maximum Gasteiger partial charge on any atom is 0.164 e. The third kappa shape index (κ3) is 1.32. The van der Waals surface area contributed by atoms with E-state index in [4.69, 9.17) is 0 Å². The van der Waals surface area contributed by atoms with Gasteiger partial charge < -0.3 is 5.32 Å². The number of fused-ring (bicyclic) bond motifs is 1. The minimum absolute atomic E-state index is 0.719. The highest BCUT2D eigenvalue weighted by Gasteiger charge is 2.47. The van der Waals surface area contributed by atoms with E-state index in [2.05, 4.69) is 20.8 Å². The average molecular weight is 193 g/mol. The van der Waals surface area contributed by atoms with Gasteiger partial charge in [0.05, 0.1) is 6.54 Å². The van der Waals surface area contributed by atoms with Crippen LogP contribution in [0.15, 0.2) is 0 Å². The molecule has 1 heterocycles. The van der Waals surface area contributed by atoms with E-state index in [0.717, 1.165) is 30.2 Å². The summed E-state index contributed by atoms with van der Waals surface area (Å²) in [6.45, 7) is 0.803. The van der Waals surface area contributed by atoms with Gasteiger partial charge in [0.15, 0.2) is 5.82 Å². The number of rotatable bonds is 3. The van der Waals surface area contributed by atoms with Crippen molar-refractivity contribution in [2.45, 2.75) is 31.8 Å². The fourth-order valence-corrected chi connectivity index (χ4v) is 2.58. The van der Waals surface area contributed by atoms with Gasteiger partial charge in [-0.2, -0.15) is 0 Å². The molecule has 2 aliphatic carbocycles. The Kier molecular flexibility index (Phi) is 1.80. The summed E-state index contributed by atoms with van der Waals surface area (Å²) in [5, 5.41) is 14.9. The Bertz CT molecular complexity index is 334. The fraction of sp³-hybridized carbons (Fsp3) is 0.889. The van der Waals surface area contributed by atoms with Crippen molar-refractivity contribution in [3.8, 4) is 0 Å². The quantitative estimate of drug-likeness (QED) is 0.739. The number of aromatic nitrogens is 4. The van der Waals surface area contributed by atoms with Gasteiger partial charge >= 0.3 is 0 Å². The Morgan fingerprint density at radius 3 is 3.00 bits per heavy atom. The lowest BCUT2D eigenvalue weighted by atomic mass is 10.2. The predicted molar refractivity (Wildman–Crippen MR) is 50.3 cm³/mol. The number of nitrogens with one attached hydrogen (secondary N) is 1. The van der Waals surface area contributed by atoms with Crippen molar-refractivity contribution >= 4 is 0 Å². The largest absolute Gasteiger partial charge is 0.307 e. The molecule has 0 amide bonds. The zero-order chi connectivity index (χ0) is 9.54. The van der Waals surface area contributed by atoms with E-state index in [1.54, 1.807) is 4.68 Å². The van der Waals surface area contributed by atoms with Crippen LogP contribution in [0.25, 0.3) is 0 Å². The molecule has 0 aromatic carbocycles. The molecule has 2 aliphatic rings. The summed E-state index contributed by atoms with van der Waals surface area (Å²) in [5.74, 6) is 2.91. The molecule has 0 radical (unpaired) electrons. The van der Waals surface area contributed by atoms with Gasteiger partial charge in [-0.05, 0) is 41.5 Å². The summed E-state index contributed by atoms with van der Waals surface area (Å²) in [6.07, 6.45) is 4.19. The van der Waals surface area contributed by atoms with Crippen LogP contribution in [-0.2, 0) is 13.6 Å². The van der Waals surface area contributed by atoms with E-state index < -0.39 is 0 Å². The topological polar surface area (TPSA) is 55.6 Å². The number of aryl methyl sites for hydroxylation is 1. The zero-order valence-electron chi connectivity index (χ0n) is 8.35. The normalized spacial score (nSPS) is 34.5. The van der Waals surface area contributed by atoms with Gasteiger partial charge in [0.1, 0.15) is 0 Å². The van der Waals surface area contributed by atoms with Crippen LogP contribution in [0.3, 0.4) is 0 Å². The van der Waals surface area contributed by atoms with Crippen LogP contribution in [0.1, 0.15) is 25.1 Å².